The van der Waals surface area contributed by atoms with Crippen molar-refractivity contribution in [2.45, 2.75) is 26.2 Å². The lowest BCUT2D eigenvalue weighted by atomic mass is 9.76. The number of anilines is 1. The standard InChI is InChI=1S/C33H25BrCl2N2O5/c1-17-2-9-22-25(12-17)32(41)38(31(22)40)21-7-3-18(4-8-21)29-15-26(24-13-19(34)5-11-28(24)37-29)33(42)43-16-30(39)23-10-6-20(35)14-27(23)36/h3-8,10-11,13-15,17,22,25H,2,9,12,16H2,1H3. The van der Waals surface area contributed by atoms with Gasteiger partial charge in [-0.05, 0) is 79.8 Å². The Labute approximate surface area is 266 Å². The molecule has 3 unspecified atom stereocenters. The number of ether oxygens (including phenoxy) is 1. The summed E-state index contributed by atoms with van der Waals surface area (Å²) in [6.45, 7) is 1.61. The number of nitrogens with zero attached hydrogens (tertiary/aromatic N) is 2. The second-order valence-electron chi connectivity index (χ2n) is 11.0. The molecule has 2 heterocycles. The second-order valence-corrected chi connectivity index (χ2v) is 12.8. The number of imide groups is 1. The highest BCUT2D eigenvalue weighted by Crippen LogP contribution is 2.42. The Bertz CT molecular complexity index is 1810. The predicted octanol–water partition coefficient (Wildman–Crippen LogP) is 7.94. The van der Waals surface area contributed by atoms with E-state index in [-0.39, 0.29) is 39.8 Å². The van der Waals surface area contributed by atoms with Crippen LogP contribution in [0.2, 0.25) is 10.0 Å². The maximum Gasteiger partial charge on any atom is 0.339 e. The number of carbonyl (C=O) groups is 4. The number of hydrogen-bond donors (Lipinski definition) is 0. The van der Waals surface area contributed by atoms with Crippen LogP contribution in [-0.2, 0) is 14.3 Å². The first-order valence-corrected chi connectivity index (χ1v) is 15.4. The number of pyridine rings is 1. The summed E-state index contributed by atoms with van der Waals surface area (Å²) < 4.78 is 6.17. The molecule has 2 fully saturated rings. The summed E-state index contributed by atoms with van der Waals surface area (Å²) >= 11 is 15.5. The summed E-state index contributed by atoms with van der Waals surface area (Å²) in [5.74, 6) is -1.52. The quantitative estimate of drug-likeness (QED) is 0.117. The van der Waals surface area contributed by atoms with Crippen molar-refractivity contribution >= 4 is 79.3 Å². The molecule has 1 aliphatic heterocycles. The molecule has 2 aliphatic rings. The molecule has 7 nitrogen and oxygen atoms in total. The largest absolute Gasteiger partial charge is 0.454 e. The SMILES string of the molecule is CC1CCC2C(=O)N(c3ccc(-c4cc(C(=O)OCC(=O)c5ccc(Cl)cc5Cl)c5cc(Br)ccc5n4)cc3)C(=O)C2C1. The zero-order valence-corrected chi connectivity index (χ0v) is 26.1. The number of amides is 2. The molecular formula is C33H25BrCl2N2O5. The fourth-order valence-corrected chi connectivity index (χ4v) is 6.82. The molecule has 4 aromatic rings. The van der Waals surface area contributed by atoms with Crippen LogP contribution in [-0.4, -0.2) is 35.2 Å². The van der Waals surface area contributed by atoms with Crippen LogP contribution < -0.4 is 4.90 Å². The number of Topliss-reactive ketones (excluding diaryl/α,β-unsaturated/α-hetero) is 1. The number of rotatable bonds is 6. The third-order valence-corrected chi connectivity index (χ3v) is 9.21. The van der Waals surface area contributed by atoms with Crippen molar-refractivity contribution in [1.29, 1.82) is 0 Å². The molecule has 1 aliphatic carbocycles. The van der Waals surface area contributed by atoms with E-state index in [9.17, 15) is 19.2 Å². The van der Waals surface area contributed by atoms with Crippen LogP contribution in [0, 0.1) is 17.8 Å². The van der Waals surface area contributed by atoms with Gasteiger partial charge in [-0.1, -0.05) is 58.2 Å². The first kappa shape index (κ1) is 29.5. The lowest BCUT2D eigenvalue weighted by Gasteiger charge is -2.25. The molecule has 0 spiro atoms. The molecule has 1 saturated heterocycles. The van der Waals surface area contributed by atoms with Crippen LogP contribution in [0.5, 0.6) is 0 Å². The van der Waals surface area contributed by atoms with E-state index in [1.807, 2.05) is 6.07 Å². The smallest absolute Gasteiger partial charge is 0.339 e. The first-order valence-electron chi connectivity index (χ1n) is 13.8. The van der Waals surface area contributed by atoms with Crippen molar-refractivity contribution in [3.05, 3.63) is 92.4 Å². The summed E-state index contributed by atoms with van der Waals surface area (Å²) in [5, 5.41) is 1.10. The molecule has 6 rings (SSSR count). The van der Waals surface area contributed by atoms with Crippen LogP contribution in [0.4, 0.5) is 5.69 Å². The van der Waals surface area contributed by atoms with Gasteiger partial charge >= 0.3 is 5.97 Å². The van der Waals surface area contributed by atoms with Gasteiger partial charge in [0.1, 0.15) is 0 Å². The Kier molecular flexibility index (Phi) is 8.11. The van der Waals surface area contributed by atoms with Gasteiger partial charge in [-0.25, -0.2) is 9.78 Å². The van der Waals surface area contributed by atoms with Crippen LogP contribution in [0.15, 0.2) is 71.2 Å². The van der Waals surface area contributed by atoms with E-state index in [1.54, 1.807) is 42.5 Å². The lowest BCUT2D eigenvalue weighted by Crippen LogP contribution is -2.30. The molecule has 0 bridgehead atoms. The lowest BCUT2D eigenvalue weighted by molar-refractivity contribution is -0.122. The molecule has 10 heteroatoms. The van der Waals surface area contributed by atoms with E-state index >= 15 is 0 Å². The third kappa shape index (κ3) is 5.71. The Hall–Kier alpha value is -3.59. The van der Waals surface area contributed by atoms with E-state index in [0.29, 0.717) is 38.8 Å². The van der Waals surface area contributed by atoms with Crippen molar-refractivity contribution in [2.75, 3.05) is 11.5 Å². The highest BCUT2D eigenvalue weighted by atomic mass is 79.9. The number of ketones is 1. The van der Waals surface area contributed by atoms with Gasteiger partial charge in [0.15, 0.2) is 6.61 Å². The van der Waals surface area contributed by atoms with Gasteiger partial charge in [-0.2, -0.15) is 0 Å². The predicted molar refractivity (Wildman–Crippen MR) is 168 cm³/mol. The number of benzene rings is 3. The summed E-state index contributed by atoms with van der Waals surface area (Å²) in [7, 11) is 0. The number of aromatic nitrogens is 1. The molecule has 218 valence electrons. The second kappa shape index (κ2) is 11.8. The highest BCUT2D eigenvalue weighted by molar-refractivity contribution is 9.10. The normalized spacial score (nSPS) is 19.9. The fraction of sp³-hybridized carbons (Fsp3) is 0.242. The van der Waals surface area contributed by atoms with Crippen molar-refractivity contribution in [1.82, 2.24) is 4.98 Å². The van der Waals surface area contributed by atoms with Gasteiger partial charge in [0, 0.05) is 26.0 Å². The molecule has 3 atom stereocenters. The Morgan fingerprint density at radius 2 is 1.67 bits per heavy atom. The molecule has 1 aromatic heterocycles. The molecule has 0 N–H and O–H groups in total. The van der Waals surface area contributed by atoms with E-state index in [0.717, 1.165) is 23.7 Å². The van der Waals surface area contributed by atoms with Crippen LogP contribution in [0.25, 0.3) is 22.2 Å². The van der Waals surface area contributed by atoms with Crippen LogP contribution in [0.1, 0.15) is 46.9 Å². The molecule has 3 aromatic carbocycles. The molecular weight excluding hydrogens is 655 g/mol. The van der Waals surface area contributed by atoms with E-state index in [4.69, 9.17) is 32.9 Å². The fourth-order valence-electron chi connectivity index (χ4n) is 5.94. The van der Waals surface area contributed by atoms with Crippen molar-refractivity contribution in [2.24, 2.45) is 17.8 Å². The molecule has 2 amide bonds. The van der Waals surface area contributed by atoms with Crippen molar-refractivity contribution in [3.8, 4) is 11.3 Å². The summed E-state index contributed by atoms with van der Waals surface area (Å²) in [6, 6.07) is 18.4. The summed E-state index contributed by atoms with van der Waals surface area (Å²) in [4.78, 5) is 58.4. The monoisotopic (exact) mass is 678 g/mol. The van der Waals surface area contributed by atoms with Gasteiger partial charge in [0.2, 0.25) is 17.6 Å². The zero-order valence-electron chi connectivity index (χ0n) is 23.0. The van der Waals surface area contributed by atoms with Crippen molar-refractivity contribution < 1.29 is 23.9 Å². The first-order chi connectivity index (χ1) is 20.6. The average Bonchev–Trinajstić information content (AvgIpc) is 3.23. The third-order valence-electron chi connectivity index (χ3n) is 8.17. The van der Waals surface area contributed by atoms with E-state index in [1.165, 1.54) is 23.1 Å². The number of halogens is 3. The number of hydrogen-bond acceptors (Lipinski definition) is 6. The van der Waals surface area contributed by atoms with Gasteiger partial charge in [0.25, 0.3) is 0 Å². The molecule has 0 radical (unpaired) electrons. The molecule has 43 heavy (non-hydrogen) atoms. The average molecular weight is 680 g/mol. The van der Waals surface area contributed by atoms with E-state index in [2.05, 4.69) is 22.9 Å². The Morgan fingerprint density at radius 1 is 0.930 bits per heavy atom. The molecule has 1 saturated carbocycles. The minimum Gasteiger partial charge on any atom is -0.454 e. The summed E-state index contributed by atoms with van der Waals surface area (Å²) in [6.07, 6.45) is 2.42. The van der Waals surface area contributed by atoms with Crippen LogP contribution in [0.3, 0.4) is 0 Å². The number of carbonyl (C=O) groups excluding carboxylic acids is 4. The minimum atomic E-state index is -0.702. The highest BCUT2D eigenvalue weighted by Gasteiger charge is 2.49. The Morgan fingerprint density at radius 3 is 2.42 bits per heavy atom. The summed E-state index contributed by atoms with van der Waals surface area (Å²) in [5.41, 5.74) is 2.66. The van der Waals surface area contributed by atoms with Gasteiger partial charge in [0.05, 0.1) is 39.3 Å². The topological polar surface area (TPSA) is 93.6 Å². The number of fused-ring (bicyclic) bond motifs is 2. The maximum absolute atomic E-state index is 13.3. The maximum atomic E-state index is 13.3. The zero-order chi connectivity index (χ0) is 30.4. The Balaban J connectivity index is 1.27. The van der Waals surface area contributed by atoms with Gasteiger partial charge in [-0.3, -0.25) is 19.3 Å². The minimum absolute atomic E-state index is 0.136. The van der Waals surface area contributed by atoms with E-state index < -0.39 is 18.4 Å². The number of esters is 1. The van der Waals surface area contributed by atoms with Gasteiger partial charge < -0.3 is 4.74 Å². The van der Waals surface area contributed by atoms with Crippen molar-refractivity contribution in [3.63, 3.8) is 0 Å². The van der Waals surface area contributed by atoms with Gasteiger partial charge in [-0.15, -0.1) is 0 Å². The van der Waals surface area contributed by atoms with Crippen LogP contribution >= 0.6 is 39.1 Å².